The van der Waals surface area contributed by atoms with Crippen LogP contribution in [0.3, 0.4) is 0 Å². The minimum Gasteiger partial charge on any atom is -0.394 e. The van der Waals surface area contributed by atoms with Gasteiger partial charge in [-0.3, -0.25) is 0 Å². The summed E-state index contributed by atoms with van der Waals surface area (Å²) in [7, 11) is 0. The van der Waals surface area contributed by atoms with Gasteiger partial charge < -0.3 is 10.3 Å². The standard InChI is InChI=1S/C10H8F2N2O/c1-5-2-3-6(11)8(9(5)12)10-7(13)4-14-15-10/h2-4H,13H2,1H3. The summed E-state index contributed by atoms with van der Waals surface area (Å²) >= 11 is 0. The molecule has 1 heterocycles. The molecule has 0 bridgehead atoms. The second-order valence-corrected chi connectivity index (χ2v) is 3.16. The SMILES string of the molecule is Cc1ccc(F)c(-c2oncc2N)c1F. The fraction of sp³-hybridized carbons (Fsp3) is 0.100. The van der Waals surface area contributed by atoms with Crippen LogP contribution in [0.1, 0.15) is 5.56 Å². The van der Waals surface area contributed by atoms with E-state index in [9.17, 15) is 8.78 Å². The van der Waals surface area contributed by atoms with Crippen molar-refractivity contribution >= 4 is 5.69 Å². The predicted octanol–water partition coefficient (Wildman–Crippen LogP) is 2.51. The molecule has 0 radical (unpaired) electrons. The maximum Gasteiger partial charge on any atom is 0.195 e. The molecular formula is C10H8F2N2O. The fourth-order valence-corrected chi connectivity index (χ4v) is 1.30. The summed E-state index contributed by atoms with van der Waals surface area (Å²) in [4.78, 5) is 0. The summed E-state index contributed by atoms with van der Waals surface area (Å²) < 4.78 is 31.7. The molecule has 78 valence electrons. The second-order valence-electron chi connectivity index (χ2n) is 3.16. The summed E-state index contributed by atoms with van der Waals surface area (Å²) in [5.41, 5.74) is 5.63. The molecule has 0 fully saturated rings. The third kappa shape index (κ3) is 1.45. The number of halogens is 2. The summed E-state index contributed by atoms with van der Waals surface area (Å²) in [6.45, 7) is 1.53. The number of nitrogens with two attached hydrogens (primary N) is 1. The molecule has 0 amide bonds. The molecule has 5 heteroatoms. The zero-order valence-corrected chi connectivity index (χ0v) is 7.92. The van der Waals surface area contributed by atoms with Gasteiger partial charge in [0.05, 0.1) is 11.8 Å². The lowest BCUT2D eigenvalue weighted by molar-refractivity contribution is 0.426. The largest absolute Gasteiger partial charge is 0.394 e. The van der Waals surface area contributed by atoms with Gasteiger partial charge in [-0.25, -0.2) is 8.78 Å². The number of aryl methyl sites for hydroxylation is 1. The molecule has 0 spiro atoms. The third-order valence-corrected chi connectivity index (χ3v) is 2.11. The van der Waals surface area contributed by atoms with E-state index >= 15 is 0 Å². The Morgan fingerprint density at radius 2 is 2.07 bits per heavy atom. The Hall–Kier alpha value is -1.91. The molecule has 0 saturated heterocycles. The molecule has 2 N–H and O–H groups in total. The van der Waals surface area contributed by atoms with Crippen LogP contribution in [0.5, 0.6) is 0 Å². The highest BCUT2D eigenvalue weighted by molar-refractivity contribution is 5.71. The van der Waals surface area contributed by atoms with Gasteiger partial charge in [0, 0.05) is 0 Å². The zero-order valence-electron chi connectivity index (χ0n) is 7.92. The highest BCUT2D eigenvalue weighted by atomic mass is 19.1. The average molecular weight is 210 g/mol. The number of anilines is 1. The first-order valence-corrected chi connectivity index (χ1v) is 4.26. The molecule has 3 nitrogen and oxygen atoms in total. The Kier molecular flexibility index (Phi) is 2.15. The van der Waals surface area contributed by atoms with Gasteiger partial charge in [-0.1, -0.05) is 11.2 Å². The van der Waals surface area contributed by atoms with Crippen molar-refractivity contribution in [1.82, 2.24) is 5.16 Å². The van der Waals surface area contributed by atoms with E-state index in [4.69, 9.17) is 10.3 Å². The Morgan fingerprint density at radius 1 is 1.33 bits per heavy atom. The Bertz CT molecular complexity index is 508. The predicted molar refractivity (Wildman–Crippen MR) is 51.0 cm³/mol. The minimum atomic E-state index is -0.721. The van der Waals surface area contributed by atoms with E-state index in [0.29, 0.717) is 5.56 Å². The van der Waals surface area contributed by atoms with Crippen LogP contribution in [0, 0.1) is 18.6 Å². The third-order valence-electron chi connectivity index (χ3n) is 2.11. The number of benzene rings is 1. The number of nitrogen functional groups attached to an aromatic ring is 1. The van der Waals surface area contributed by atoms with Crippen molar-refractivity contribution in [2.24, 2.45) is 0 Å². The molecule has 2 aromatic rings. The van der Waals surface area contributed by atoms with E-state index in [0.717, 1.165) is 6.07 Å². The van der Waals surface area contributed by atoms with Gasteiger partial charge in [0.2, 0.25) is 0 Å². The number of hydrogen-bond acceptors (Lipinski definition) is 3. The molecule has 0 saturated carbocycles. The number of rotatable bonds is 1. The summed E-state index contributed by atoms with van der Waals surface area (Å²) in [5.74, 6) is -1.48. The molecule has 0 unspecified atom stereocenters. The van der Waals surface area contributed by atoms with Gasteiger partial charge in [-0.2, -0.15) is 0 Å². The summed E-state index contributed by atoms with van der Waals surface area (Å²) in [5, 5.41) is 3.38. The van der Waals surface area contributed by atoms with Gasteiger partial charge in [0.1, 0.15) is 17.3 Å². The Balaban J connectivity index is 2.72. The first-order chi connectivity index (χ1) is 7.11. The van der Waals surface area contributed by atoms with Crippen molar-refractivity contribution in [2.75, 3.05) is 5.73 Å². The summed E-state index contributed by atoms with van der Waals surface area (Å²) in [6.07, 6.45) is 1.20. The Morgan fingerprint density at radius 3 is 2.67 bits per heavy atom. The normalized spacial score (nSPS) is 10.6. The smallest absolute Gasteiger partial charge is 0.195 e. The van der Waals surface area contributed by atoms with Crippen LogP contribution in [0.25, 0.3) is 11.3 Å². The molecular weight excluding hydrogens is 202 g/mol. The van der Waals surface area contributed by atoms with Gasteiger partial charge >= 0.3 is 0 Å². The van der Waals surface area contributed by atoms with Gasteiger partial charge in [0.25, 0.3) is 0 Å². The lowest BCUT2D eigenvalue weighted by Crippen LogP contribution is -1.94. The van der Waals surface area contributed by atoms with Crippen LogP contribution in [-0.2, 0) is 0 Å². The van der Waals surface area contributed by atoms with E-state index < -0.39 is 11.6 Å². The molecule has 1 aromatic heterocycles. The van der Waals surface area contributed by atoms with E-state index in [2.05, 4.69) is 5.16 Å². The molecule has 0 atom stereocenters. The number of aromatic nitrogens is 1. The van der Waals surface area contributed by atoms with Crippen LogP contribution < -0.4 is 5.73 Å². The van der Waals surface area contributed by atoms with Crippen LogP contribution in [0.2, 0.25) is 0 Å². The maximum absolute atomic E-state index is 13.6. The first-order valence-electron chi connectivity index (χ1n) is 4.26. The fourth-order valence-electron chi connectivity index (χ4n) is 1.30. The molecule has 0 aliphatic carbocycles. The van der Waals surface area contributed by atoms with E-state index in [1.165, 1.54) is 19.2 Å². The molecule has 2 rings (SSSR count). The highest BCUT2D eigenvalue weighted by Crippen LogP contribution is 2.31. The van der Waals surface area contributed by atoms with E-state index in [1.807, 2.05) is 0 Å². The maximum atomic E-state index is 13.6. The highest BCUT2D eigenvalue weighted by Gasteiger charge is 2.19. The van der Waals surface area contributed by atoms with Crippen molar-refractivity contribution in [3.8, 4) is 11.3 Å². The molecule has 0 aliphatic heterocycles. The zero-order chi connectivity index (χ0) is 11.0. The monoisotopic (exact) mass is 210 g/mol. The van der Waals surface area contributed by atoms with E-state index in [-0.39, 0.29) is 17.0 Å². The lowest BCUT2D eigenvalue weighted by Gasteiger charge is -2.04. The second kappa shape index (κ2) is 3.34. The first kappa shape index (κ1) is 9.64. The van der Waals surface area contributed by atoms with Gasteiger partial charge in [-0.05, 0) is 18.6 Å². The molecule has 15 heavy (non-hydrogen) atoms. The van der Waals surface area contributed by atoms with E-state index in [1.54, 1.807) is 0 Å². The Labute approximate surface area is 84.5 Å². The van der Waals surface area contributed by atoms with Crippen molar-refractivity contribution in [3.63, 3.8) is 0 Å². The van der Waals surface area contributed by atoms with Gasteiger partial charge in [-0.15, -0.1) is 0 Å². The van der Waals surface area contributed by atoms with Gasteiger partial charge in [0.15, 0.2) is 5.76 Å². The van der Waals surface area contributed by atoms with Crippen molar-refractivity contribution in [2.45, 2.75) is 6.92 Å². The van der Waals surface area contributed by atoms with Crippen molar-refractivity contribution in [1.29, 1.82) is 0 Å². The summed E-state index contributed by atoms with van der Waals surface area (Å²) in [6, 6.07) is 2.51. The van der Waals surface area contributed by atoms with Crippen molar-refractivity contribution in [3.05, 3.63) is 35.5 Å². The topological polar surface area (TPSA) is 52.0 Å². The molecule has 0 aliphatic rings. The van der Waals surface area contributed by atoms with Crippen LogP contribution in [0.4, 0.5) is 14.5 Å². The molecule has 1 aromatic carbocycles. The quantitative estimate of drug-likeness (QED) is 0.786. The average Bonchev–Trinajstić information content (AvgIpc) is 2.60. The lowest BCUT2D eigenvalue weighted by atomic mass is 10.1. The van der Waals surface area contributed by atoms with Crippen molar-refractivity contribution < 1.29 is 13.3 Å². The number of hydrogen-bond donors (Lipinski definition) is 1. The van der Waals surface area contributed by atoms with Crippen LogP contribution in [0.15, 0.2) is 22.9 Å². The van der Waals surface area contributed by atoms with Crippen LogP contribution in [-0.4, -0.2) is 5.16 Å². The number of nitrogens with zero attached hydrogens (tertiary/aromatic N) is 1. The van der Waals surface area contributed by atoms with Crippen LogP contribution >= 0.6 is 0 Å². The minimum absolute atomic E-state index is 0.0753.